The van der Waals surface area contributed by atoms with Gasteiger partial charge in [0.2, 0.25) is 53.2 Å². The predicted molar refractivity (Wildman–Crippen MR) is 288 cm³/mol. The van der Waals surface area contributed by atoms with Crippen molar-refractivity contribution in [1.82, 2.24) is 56.2 Å². The van der Waals surface area contributed by atoms with E-state index in [0.29, 0.717) is 29.7 Å². The van der Waals surface area contributed by atoms with Crippen LogP contribution in [0.25, 0.3) is 10.9 Å². The molecular formula is C53H75N15O9. The van der Waals surface area contributed by atoms with Gasteiger partial charge in [0, 0.05) is 89.4 Å². The van der Waals surface area contributed by atoms with Crippen molar-refractivity contribution in [3.63, 3.8) is 0 Å². The molecule has 0 bridgehead atoms. The summed E-state index contributed by atoms with van der Waals surface area (Å²) in [4.78, 5) is 146. The van der Waals surface area contributed by atoms with Crippen molar-refractivity contribution in [2.45, 2.75) is 133 Å². The number of hydrogen-bond acceptors (Lipinski definition) is 11. The first-order valence-corrected chi connectivity index (χ1v) is 25.9. The lowest BCUT2D eigenvalue weighted by Crippen LogP contribution is -2.61. The van der Waals surface area contributed by atoms with E-state index in [4.69, 9.17) is 17.2 Å². The Kier molecular flexibility index (Phi) is 22.5. The Balaban J connectivity index is 1.62. The monoisotopic (exact) mass is 1070 g/mol. The second-order valence-electron chi connectivity index (χ2n) is 19.4. The molecule has 24 nitrogen and oxygen atoms in total. The zero-order valence-corrected chi connectivity index (χ0v) is 44.5. The largest absolute Gasteiger partial charge is 0.370 e. The number of aliphatic imine (C=N–C) groups is 1. The number of carbonyl (C=O) groups excluding carboxylic acids is 9. The number of nitrogens with two attached hydrogens (primary N) is 3. The number of benzene rings is 2. The summed E-state index contributed by atoms with van der Waals surface area (Å²) in [5, 5.41) is 14.5. The number of aromatic amines is 2. The number of hydrogen-bond donors (Lipinski definition) is 10. The number of unbranched alkanes of at least 4 members (excludes halogenated alkanes) is 1. The van der Waals surface area contributed by atoms with Crippen molar-refractivity contribution < 1.29 is 43.2 Å². The molecule has 24 heteroatoms. The fraction of sp³-hybridized carbons (Fsp3) is 0.491. The first-order chi connectivity index (χ1) is 36.8. The maximum absolute atomic E-state index is 15.3. The van der Waals surface area contributed by atoms with Gasteiger partial charge in [-0.05, 0) is 55.7 Å². The Bertz CT molecular complexity index is 2690. The Hall–Kier alpha value is -8.31. The van der Waals surface area contributed by atoms with Gasteiger partial charge in [-0.2, -0.15) is 0 Å². The van der Waals surface area contributed by atoms with Crippen LogP contribution in [0.4, 0.5) is 0 Å². The molecule has 0 saturated carbocycles. The number of guanidine groups is 1. The molecule has 1 aliphatic heterocycles. The van der Waals surface area contributed by atoms with Crippen LogP contribution in [0.2, 0.25) is 0 Å². The first-order valence-electron chi connectivity index (χ1n) is 25.9. The number of nitrogens with one attached hydrogen (secondary N) is 7. The van der Waals surface area contributed by atoms with E-state index in [9.17, 15) is 28.8 Å². The molecule has 1 aliphatic rings. The Morgan fingerprint density at radius 3 is 2.14 bits per heavy atom. The summed E-state index contributed by atoms with van der Waals surface area (Å²) in [5.74, 6) is -6.62. The molecule has 2 aromatic heterocycles. The zero-order chi connectivity index (χ0) is 56.2. The van der Waals surface area contributed by atoms with Crippen molar-refractivity contribution in [1.29, 1.82) is 0 Å². The zero-order valence-electron chi connectivity index (χ0n) is 44.5. The summed E-state index contributed by atoms with van der Waals surface area (Å²) < 4.78 is 0. The van der Waals surface area contributed by atoms with Gasteiger partial charge in [-0.1, -0.05) is 68.3 Å². The average molecular weight is 1070 g/mol. The number of nitrogens with zero attached hydrogens (tertiary/aromatic N) is 5. The molecule has 1 fully saturated rings. The highest BCUT2D eigenvalue weighted by Gasteiger charge is 2.41. The molecule has 1 saturated heterocycles. The molecular weight excluding hydrogens is 991 g/mol. The number of imidazole rings is 1. The van der Waals surface area contributed by atoms with Crippen molar-refractivity contribution >= 4 is 70.0 Å². The molecule has 7 atom stereocenters. The molecule has 13 N–H and O–H groups in total. The van der Waals surface area contributed by atoms with Crippen LogP contribution in [0.1, 0.15) is 88.5 Å². The number of aromatic nitrogens is 3. The second-order valence-corrected chi connectivity index (χ2v) is 19.4. The van der Waals surface area contributed by atoms with Gasteiger partial charge < -0.3 is 68.5 Å². The molecule has 2 aromatic carbocycles. The minimum Gasteiger partial charge on any atom is -0.370 e. The Morgan fingerprint density at radius 2 is 1.47 bits per heavy atom. The van der Waals surface area contributed by atoms with E-state index >= 15 is 14.4 Å². The van der Waals surface area contributed by atoms with Gasteiger partial charge in [0.1, 0.15) is 42.3 Å². The van der Waals surface area contributed by atoms with Crippen molar-refractivity contribution in [2.75, 3.05) is 34.2 Å². The first kappa shape index (κ1) is 59.6. The third-order valence-electron chi connectivity index (χ3n) is 13.7. The normalized spacial score (nSPS) is 21.4. The maximum Gasteiger partial charge on any atom is 0.246 e. The molecule has 416 valence electrons. The van der Waals surface area contributed by atoms with Crippen LogP contribution in [-0.2, 0) is 62.4 Å². The average Bonchev–Trinajstić information content (AvgIpc) is 4.10. The molecule has 4 aromatic rings. The summed E-state index contributed by atoms with van der Waals surface area (Å²) in [6, 6.07) is 7.07. The van der Waals surface area contributed by atoms with Crippen LogP contribution in [0, 0.1) is 0 Å². The lowest BCUT2D eigenvalue weighted by Gasteiger charge is -2.36. The van der Waals surface area contributed by atoms with Gasteiger partial charge in [0.25, 0.3) is 0 Å². The van der Waals surface area contributed by atoms with Gasteiger partial charge in [0.15, 0.2) is 5.96 Å². The lowest BCUT2D eigenvalue weighted by atomic mass is 9.99. The van der Waals surface area contributed by atoms with Crippen molar-refractivity contribution in [2.24, 2.45) is 22.2 Å². The fourth-order valence-corrected chi connectivity index (χ4v) is 9.28. The number of para-hydroxylation sites is 1. The minimum atomic E-state index is -1.56. The topological polar surface area (TPSA) is 358 Å². The highest BCUT2D eigenvalue weighted by molar-refractivity contribution is 5.99. The van der Waals surface area contributed by atoms with E-state index in [2.05, 4.69) is 46.5 Å². The minimum absolute atomic E-state index is 0.0316. The van der Waals surface area contributed by atoms with Crippen LogP contribution in [0.15, 0.2) is 78.3 Å². The van der Waals surface area contributed by atoms with E-state index in [-0.39, 0.29) is 76.8 Å². The molecule has 77 heavy (non-hydrogen) atoms. The number of H-pyrrole nitrogens is 2. The maximum atomic E-state index is 15.3. The molecule has 0 unspecified atom stereocenters. The lowest BCUT2D eigenvalue weighted by molar-refractivity contribution is -0.150. The van der Waals surface area contributed by atoms with Crippen LogP contribution in [0.3, 0.4) is 0 Å². The second kappa shape index (κ2) is 29.1. The summed E-state index contributed by atoms with van der Waals surface area (Å²) in [5.41, 5.74) is 19.7. The molecule has 3 heterocycles. The number of amides is 9. The van der Waals surface area contributed by atoms with Crippen LogP contribution < -0.4 is 43.8 Å². The predicted octanol–water partition coefficient (Wildman–Crippen LogP) is -0.222. The number of rotatable bonds is 17. The van der Waals surface area contributed by atoms with Crippen LogP contribution in [-0.4, -0.2) is 165 Å². The number of primary amides is 1. The third kappa shape index (κ3) is 17.4. The number of fused-ring (bicyclic) bond motifs is 1. The van der Waals surface area contributed by atoms with E-state index < -0.39 is 102 Å². The van der Waals surface area contributed by atoms with E-state index in [1.54, 1.807) is 36.5 Å². The smallest absolute Gasteiger partial charge is 0.246 e. The molecule has 5 rings (SSSR count). The summed E-state index contributed by atoms with van der Waals surface area (Å²) in [6.45, 7) is 3.29. The molecule has 9 amide bonds. The fourth-order valence-electron chi connectivity index (χ4n) is 9.28. The van der Waals surface area contributed by atoms with Crippen molar-refractivity contribution in [3.05, 3.63) is 90.1 Å². The van der Waals surface area contributed by atoms with E-state index in [1.807, 2.05) is 31.2 Å². The Labute approximate surface area is 447 Å². The molecule has 0 spiro atoms. The van der Waals surface area contributed by atoms with Gasteiger partial charge in [-0.3, -0.25) is 48.1 Å². The van der Waals surface area contributed by atoms with Gasteiger partial charge in [-0.25, -0.2) is 4.98 Å². The van der Waals surface area contributed by atoms with Crippen LogP contribution in [0.5, 0.6) is 0 Å². The van der Waals surface area contributed by atoms with E-state index in [0.717, 1.165) is 15.8 Å². The number of likely N-dealkylation sites (N-methyl/N-ethyl adjacent to an activating group) is 3. The Morgan fingerprint density at radius 1 is 0.792 bits per heavy atom. The highest BCUT2D eigenvalue weighted by atomic mass is 16.2. The van der Waals surface area contributed by atoms with E-state index in [1.165, 1.54) is 50.4 Å². The van der Waals surface area contributed by atoms with Crippen LogP contribution >= 0.6 is 0 Å². The van der Waals surface area contributed by atoms with Crippen molar-refractivity contribution in [3.8, 4) is 0 Å². The standard InChI is InChI=1S/C53H75N15O9/c1-6-7-19-39(62-32(2)69)47(72)65-41-28-45(70)58-23-14-13-21-38(46(54)71)63-49(74)43(26-34-29-60-37-20-12-11-18-36(34)37)66(3)50(75)40(22-15-24-59-53(55)56)64-48(73)42(25-33-16-9-8-10-17-33)67(4)52(77)44(68(5)51(41)76)27-35-30-57-31-61-35/h8-12,16-18,20,29-31,38-44,60H,6-7,13-15,19,21-28H2,1-5H3,(H2,54,71)(H,57,61)(H,58,70)(H,62,69)(H,63,74)(H,64,73)(H,65,72)(H4,55,56,59)/t38-,39-,40-,41-,42+,43-,44-/m0/s1. The quantitative estimate of drug-likeness (QED) is 0.0373. The SMILES string of the molecule is CCCC[C@H](NC(C)=O)C(=O)N[C@H]1CC(=O)NCCCC[C@@H](C(N)=O)NC(=O)[C@H](Cc2c[nH]c3ccccc23)N(C)C(=O)[C@H](CCCN=C(N)N)NC(=O)[C@@H](Cc2ccccc2)N(C)C(=O)[C@H](Cc2cnc[nH]2)N(C)C1=O. The van der Waals surface area contributed by atoms with Gasteiger partial charge >= 0.3 is 0 Å². The highest BCUT2D eigenvalue weighted by Crippen LogP contribution is 2.23. The number of carbonyl (C=O) groups is 9. The molecule has 0 aliphatic carbocycles. The van der Waals surface area contributed by atoms with Gasteiger partial charge in [0.05, 0.1) is 12.7 Å². The summed E-state index contributed by atoms with van der Waals surface area (Å²) in [6.07, 6.45) is 5.97. The van der Waals surface area contributed by atoms with Gasteiger partial charge in [-0.15, -0.1) is 0 Å². The molecule has 0 radical (unpaired) electrons. The summed E-state index contributed by atoms with van der Waals surface area (Å²) in [7, 11) is 4.16. The summed E-state index contributed by atoms with van der Waals surface area (Å²) >= 11 is 0. The third-order valence-corrected chi connectivity index (χ3v) is 13.7.